The van der Waals surface area contributed by atoms with E-state index in [1.165, 1.54) is 0 Å². The molecular weight excluding hydrogens is 412 g/mol. The summed E-state index contributed by atoms with van der Waals surface area (Å²) in [7, 11) is 3.20. The molecule has 0 radical (unpaired) electrons. The van der Waals surface area contributed by atoms with E-state index in [4.69, 9.17) is 19.2 Å². The molecule has 0 bridgehead atoms. The Bertz CT molecular complexity index is 1000. The van der Waals surface area contributed by atoms with E-state index in [2.05, 4.69) is 4.98 Å². The van der Waals surface area contributed by atoms with Crippen molar-refractivity contribution in [3.8, 4) is 11.5 Å². The number of Topliss-reactive ketones (excluding diaryl/α,β-unsaturated/α-hetero) is 1. The minimum atomic E-state index is -0.290. The Labute approximate surface area is 187 Å². The standard InChI is InChI=1S/C23H28N4O5/c1-4-32-23(29)27-9-7-26(8-10-27)22-24-14-17-18(25-22)11-16(12-19(17)28)15-5-6-20(30-2)21(13-15)31-3/h5-6,13-14,16H,4,7-12H2,1-3H3/t16-/m0/s1. The zero-order valence-corrected chi connectivity index (χ0v) is 18.7. The molecule has 170 valence electrons. The summed E-state index contributed by atoms with van der Waals surface area (Å²) in [6.07, 6.45) is 2.41. The fourth-order valence-corrected chi connectivity index (χ4v) is 4.23. The lowest BCUT2D eigenvalue weighted by molar-refractivity contribution is 0.0961. The van der Waals surface area contributed by atoms with Crippen LogP contribution in [0.1, 0.15) is 40.9 Å². The van der Waals surface area contributed by atoms with E-state index in [9.17, 15) is 9.59 Å². The Morgan fingerprint density at radius 2 is 1.84 bits per heavy atom. The Kier molecular flexibility index (Phi) is 6.43. The van der Waals surface area contributed by atoms with Gasteiger partial charge < -0.3 is 24.0 Å². The minimum absolute atomic E-state index is 0.0122. The summed E-state index contributed by atoms with van der Waals surface area (Å²) < 4.78 is 15.8. The molecule has 1 aromatic heterocycles. The third-order valence-electron chi connectivity index (χ3n) is 5.99. The number of aromatic nitrogens is 2. The summed E-state index contributed by atoms with van der Waals surface area (Å²) in [4.78, 5) is 37.7. The largest absolute Gasteiger partial charge is 0.493 e. The molecule has 0 spiro atoms. The number of rotatable bonds is 5. The third-order valence-corrected chi connectivity index (χ3v) is 5.99. The van der Waals surface area contributed by atoms with Gasteiger partial charge in [0.1, 0.15) is 0 Å². The van der Waals surface area contributed by atoms with Gasteiger partial charge in [-0.05, 0) is 37.0 Å². The van der Waals surface area contributed by atoms with Gasteiger partial charge in [-0.15, -0.1) is 0 Å². The average molecular weight is 441 g/mol. The first-order chi connectivity index (χ1) is 15.5. The quantitative estimate of drug-likeness (QED) is 0.701. The number of hydrogen-bond donors (Lipinski definition) is 0. The van der Waals surface area contributed by atoms with Crippen molar-refractivity contribution in [2.24, 2.45) is 0 Å². The topological polar surface area (TPSA) is 94.1 Å². The SMILES string of the molecule is CCOC(=O)N1CCN(c2ncc3c(n2)C[C@H](c2ccc(OC)c(OC)c2)CC3=O)CC1. The number of carbonyl (C=O) groups is 2. The first kappa shape index (κ1) is 21.9. The van der Waals surface area contributed by atoms with Gasteiger partial charge in [-0.2, -0.15) is 0 Å². The van der Waals surface area contributed by atoms with E-state index >= 15 is 0 Å². The molecule has 1 aliphatic carbocycles. The van der Waals surface area contributed by atoms with Gasteiger partial charge in [0.2, 0.25) is 5.95 Å². The molecule has 2 aliphatic rings. The maximum atomic E-state index is 12.8. The summed E-state index contributed by atoms with van der Waals surface area (Å²) >= 11 is 0. The monoisotopic (exact) mass is 440 g/mol. The molecule has 0 N–H and O–H groups in total. The second-order valence-corrected chi connectivity index (χ2v) is 7.85. The lowest BCUT2D eigenvalue weighted by Gasteiger charge is -2.34. The van der Waals surface area contributed by atoms with Crippen LogP contribution in [0.25, 0.3) is 0 Å². The second kappa shape index (κ2) is 9.42. The zero-order chi connectivity index (χ0) is 22.7. The maximum Gasteiger partial charge on any atom is 0.409 e. The van der Waals surface area contributed by atoms with E-state index in [-0.39, 0.29) is 17.8 Å². The van der Waals surface area contributed by atoms with E-state index < -0.39 is 0 Å². The highest BCUT2D eigenvalue weighted by Gasteiger charge is 2.30. The Morgan fingerprint density at radius 1 is 1.09 bits per heavy atom. The van der Waals surface area contributed by atoms with Crippen molar-refractivity contribution in [1.82, 2.24) is 14.9 Å². The number of nitrogens with zero attached hydrogens (tertiary/aromatic N) is 4. The molecule has 0 saturated carbocycles. The Hall–Kier alpha value is -3.36. The average Bonchev–Trinajstić information content (AvgIpc) is 2.83. The summed E-state index contributed by atoms with van der Waals surface area (Å²) in [5.74, 6) is 1.95. The van der Waals surface area contributed by atoms with Crippen LogP contribution in [0.5, 0.6) is 11.5 Å². The lowest BCUT2D eigenvalue weighted by Crippen LogP contribution is -2.49. The van der Waals surface area contributed by atoms with Crippen LogP contribution in [0.4, 0.5) is 10.7 Å². The van der Waals surface area contributed by atoms with Crippen LogP contribution in [0.15, 0.2) is 24.4 Å². The number of ketones is 1. The van der Waals surface area contributed by atoms with Gasteiger partial charge in [0.25, 0.3) is 0 Å². The molecule has 2 aromatic rings. The number of methoxy groups -OCH3 is 2. The Morgan fingerprint density at radius 3 is 2.53 bits per heavy atom. The molecule has 1 atom stereocenters. The number of carbonyl (C=O) groups excluding carboxylic acids is 2. The predicted molar refractivity (Wildman–Crippen MR) is 118 cm³/mol. The van der Waals surface area contributed by atoms with Crippen molar-refractivity contribution in [1.29, 1.82) is 0 Å². The number of hydrogen-bond acceptors (Lipinski definition) is 8. The molecule has 1 fully saturated rings. The first-order valence-electron chi connectivity index (χ1n) is 10.8. The molecule has 1 aliphatic heterocycles. The molecule has 32 heavy (non-hydrogen) atoms. The number of fused-ring (bicyclic) bond motifs is 1. The Balaban J connectivity index is 1.51. The molecule has 1 aromatic carbocycles. The van der Waals surface area contributed by atoms with Gasteiger partial charge in [0, 0.05) is 38.8 Å². The fraction of sp³-hybridized carbons (Fsp3) is 0.478. The second-order valence-electron chi connectivity index (χ2n) is 7.85. The van der Waals surface area contributed by atoms with Crippen molar-refractivity contribution in [2.75, 3.05) is 51.9 Å². The number of piperazine rings is 1. The third kappa shape index (κ3) is 4.32. The highest BCUT2D eigenvalue weighted by atomic mass is 16.6. The molecule has 1 amide bonds. The number of ether oxygens (including phenoxy) is 3. The van der Waals surface area contributed by atoms with Gasteiger partial charge >= 0.3 is 6.09 Å². The smallest absolute Gasteiger partial charge is 0.409 e. The lowest BCUT2D eigenvalue weighted by atomic mass is 9.82. The fourth-order valence-electron chi connectivity index (χ4n) is 4.23. The predicted octanol–water partition coefficient (Wildman–Crippen LogP) is 2.69. The van der Waals surface area contributed by atoms with Crippen LogP contribution in [-0.2, 0) is 11.2 Å². The van der Waals surface area contributed by atoms with Gasteiger partial charge in [0.15, 0.2) is 17.3 Å². The minimum Gasteiger partial charge on any atom is -0.493 e. The molecular formula is C23H28N4O5. The number of anilines is 1. The highest BCUT2D eigenvalue weighted by molar-refractivity contribution is 5.98. The van der Waals surface area contributed by atoms with Crippen molar-refractivity contribution in [3.05, 3.63) is 41.2 Å². The summed E-state index contributed by atoms with van der Waals surface area (Å²) in [5.41, 5.74) is 2.37. The van der Waals surface area contributed by atoms with Crippen molar-refractivity contribution in [2.45, 2.75) is 25.7 Å². The van der Waals surface area contributed by atoms with Gasteiger partial charge in [-0.25, -0.2) is 14.8 Å². The van der Waals surface area contributed by atoms with E-state index in [0.717, 1.165) is 11.3 Å². The van der Waals surface area contributed by atoms with Crippen molar-refractivity contribution < 1.29 is 23.8 Å². The molecule has 9 heteroatoms. The van der Waals surface area contributed by atoms with Crippen LogP contribution in [0, 0.1) is 0 Å². The maximum absolute atomic E-state index is 12.8. The highest BCUT2D eigenvalue weighted by Crippen LogP contribution is 2.36. The molecule has 4 rings (SSSR count). The van der Waals surface area contributed by atoms with Gasteiger partial charge in [0.05, 0.1) is 32.1 Å². The normalized spacial score (nSPS) is 18.2. The molecule has 0 unspecified atom stereocenters. The van der Waals surface area contributed by atoms with Crippen LogP contribution in [0.2, 0.25) is 0 Å². The van der Waals surface area contributed by atoms with Crippen molar-refractivity contribution >= 4 is 17.8 Å². The van der Waals surface area contributed by atoms with E-state index in [1.807, 2.05) is 23.1 Å². The molecule has 2 heterocycles. The first-order valence-corrected chi connectivity index (χ1v) is 10.8. The summed E-state index contributed by atoms with van der Waals surface area (Å²) in [5, 5.41) is 0. The zero-order valence-electron chi connectivity index (χ0n) is 18.7. The van der Waals surface area contributed by atoms with Crippen LogP contribution in [0.3, 0.4) is 0 Å². The van der Waals surface area contributed by atoms with Crippen LogP contribution in [-0.4, -0.2) is 73.7 Å². The molecule has 9 nitrogen and oxygen atoms in total. The molecule has 1 saturated heterocycles. The van der Waals surface area contributed by atoms with Crippen molar-refractivity contribution in [3.63, 3.8) is 0 Å². The van der Waals surface area contributed by atoms with Crippen LogP contribution >= 0.6 is 0 Å². The van der Waals surface area contributed by atoms with Gasteiger partial charge in [-0.3, -0.25) is 4.79 Å². The number of amides is 1. The van der Waals surface area contributed by atoms with E-state index in [1.54, 1.807) is 32.2 Å². The van der Waals surface area contributed by atoms with Crippen LogP contribution < -0.4 is 14.4 Å². The summed E-state index contributed by atoms with van der Waals surface area (Å²) in [6, 6.07) is 5.77. The van der Waals surface area contributed by atoms with Gasteiger partial charge in [-0.1, -0.05) is 6.07 Å². The summed E-state index contributed by atoms with van der Waals surface area (Å²) in [6.45, 7) is 4.49. The number of benzene rings is 1. The van der Waals surface area contributed by atoms with E-state index in [0.29, 0.717) is 68.6 Å².